The summed E-state index contributed by atoms with van der Waals surface area (Å²) in [5.74, 6) is 0. The van der Waals surface area contributed by atoms with E-state index in [1.807, 2.05) is 0 Å². The number of nitrogens with zero attached hydrogens (tertiary/aromatic N) is 1. The van der Waals surface area contributed by atoms with Crippen LogP contribution >= 0.6 is 0 Å². The number of rotatable bonds is 2. The molecular weight excluding hydrogens is 242 g/mol. The monoisotopic (exact) mass is 271 g/mol. The highest BCUT2D eigenvalue weighted by molar-refractivity contribution is 6.74. The molecule has 2 saturated heterocycles. The quantitative estimate of drug-likeness (QED) is 0.784. The Labute approximate surface area is 113 Å². The molecular formula is C14H29NO2Si. The van der Waals surface area contributed by atoms with Crippen molar-refractivity contribution < 1.29 is 9.53 Å². The summed E-state index contributed by atoms with van der Waals surface area (Å²) in [5.41, 5.74) is -0.601. The Kier molecular flexibility index (Phi) is 3.47. The van der Waals surface area contributed by atoms with Crippen molar-refractivity contribution in [2.24, 2.45) is 0 Å². The van der Waals surface area contributed by atoms with E-state index in [1.165, 1.54) is 0 Å². The van der Waals surface area contributed by atoms with Crippen LogP contribution in [0.4, 0.5) is 0 Å². The van der Waals surface area contributed by atoms with Crippen LogP contribution in [-0.4, -0.2) is 43.2 Å². The zero-order valence-electron chi connectivity index (χ0n) is 12.8. The lowest BCUT2D eigenvalue weighted by atomic mass is 9.98. The molecule has 4 heteroatoms. The summed E-state index contributed by atoms with van der Waals surface area (Å²) in [6.07, 6.45) is 4.15. The molecule has 0 aromatic rings. The first kappa shape index (κ1) is 14.5. The predicted molar refractivity (Wildman–Crippen MR) is 77.0 cm³/mol. The zero-order valence-corrected chi connectivity index (χ0v) is 13.8. The maximum Gasteiger partial charge on any atom is 0.192 e. The van der Waals surface area contributed by atoms with Crippen molar-refractivity contribution in [1.82, 2.24) is 4.90 Å². The largest absolute Gasteiger partial charge is 0.414 e. The van der Waals surface area contributed by atoms with Crippen LogP contribution in [-0.2, 0) is 4.43 Å². The maximum atomic E-state index is 10.6. The summed E-state index contributed by atoms with van der Waals surface area (Å²) >= 11 is 0. The van der Waals surface area contributed by atoms with Gasteiger partial charge in [-0.2, -0.15) is 0 Å². The molecule has 0 spiro atoms. The molecule has 0 radical (unpaired) electrons. The molecule has 0 amide bonds. The van der Waals surface area contributed by atoms with E-state index in [4.69, 9.17) is 4.43 Å². The third-order valence-corrected chi connectivity index (χ3v) is 9.97. The summed E-state index contributed by atoms with van der Waals surface area (Å²) < 4.78 is 6.49. The van der Waals surface area contributed by atoms with Crippen molar-refractivity contribution >= 4 is 8.32 Å². The summed E-state index contributed by atoms with van der Waals surface area (Å²) in [5, 5.41) is 10.9. The van der Waals surface area contributed by atoms with Crippen LogP contribution in [0, 0.1) is 0 Å². The highest BCUT2D eigenvalue weighted by Gasteiger charge is 2.51. The fourth-order valence-corrected chi connectivity index (χ4v) is 4.43. The Balaban J connectivity index is 2.05. The normalized spacial score (nSPS) is 38.2. The molecule has 2 rings (SSSR count). The molecule has 3 atom stereocenters. The molecule has 0 aromatic heterocycles. The molecule has 0 aromatic carbocycles. The topological polar surface area (TPSA) is 32.7 Å². The first-order valence-electron chi connectivity index (χ1n) is 7.18. The van der Waals surface area contributed by atoms with Crippen molar-refractivity contribution in [2.75, 3.05) is 7.05 Å². The number of fused-ring (bicyclic) bond motifs is 2. The first-order chi connectivity index (χ1) is 8.05. The molecule has 1 N–H and O–H groups in total. The van der Waals surface area contributed by atoms with Gasteiger partial charge in [-0.05, 0) is 44.4 Å². The second-order valence-electron chi connectivity index (χ2n) is 7.73. The summed E-state index contributed by atoms with van der Waals surface area (Å²) in [6, 6.07) is 0.513. The summed E-state index contributed by atoms with van der Waals surface area (Å²) in [7, 11) is 0.347. The number of hydrogen-bond donors (Lipinski definition) is 1. The van der Waals surface area contributed by atoms with Gasteiger partial charge in [-0.15, -0.1) is 0 Å². The lowest BCUT2D eigenvalue weighted by Gasteiger charge is -2.46. The van der Waals surface area contributed by atoms with Crippen molar-refractivity contribution in [2.45, 2.75) is 82.5 Å². The van der Waals surface area contributed by atoms with Crippen molar-refractivity contribution in [3.8, 4) is 0 Å². The fourth-order valence-electron chi connectivity index (χ4n) is 3.06. The fraction of sp³-hybridized carbons (Fsp3) is 1.00. The minimum absolute atomic E-state index is 0.248. The second-order valence-corrected chi connectivity index (χ2v) is 12.5. The van der Waals surface area contributed by atoms with E-state index in [0.717, 1.165) is 25.7 Å². The smallest absolute Gasteiger partial charge is 0.192 e. The van der Waals surface area contributed by atoms with Crippen LogP contribution in [0.5, 0.6) is 0 Å². The predicted octanol–water partition coefficient (Wildman–Crippen LogP) is 2.95. The number of aliphatic hydroxyl groups is 1. The molecule has 106 valence electrons. The lowest BCUT2D eigenvalue weighted by Crippen LogP contribution is -2.55. The van der Waals surface area contributed by atoms with E-state index in [9.17, 15) is 5.11 Å². The third kappa shape index (κ3) is 2.40. The summed E-state index contributed by atoms with van der Waals surface area (Å²) in [4.78, 5) is 2.17. The number of hydrogen-bond acceptors (Lipinski definition) is 3. The standard InChI is InChI=1S/C14H29NO2Si/c1-13(2,3)18(5,6)17-12-9-11-7-8-14(16,10-12)15(11)4/h11-12,16H,7-10H2,1-6H3/t11-,12+,14-/m1/s1. The van der Waals surface area contributed by atoms with Gasteiger partial charge in [-0.3, -0.25) is 4.90 Å². The zero-order chi connectivity index (χ0) is 13.8. The van der Waals surface area contributed by atoms with Crippen molar-refractivity contribution in [1.29, 1.82) is 0 Å². The second kappa shape index (κ2) is 4.30. The van der Waals surface area contributed by atoms with Gasteiger partial charge < -0.3 is 9.53 Å². The summed E-state index contributed by atoms with van der Waals surface area (Å²) in [6.45, 7) is 11.4. The van der Waals surface area contributed by atoms with E-state index in [2.05, 4.69) is 45.8 Å². The van der Waals surface area contributed by atoms with E-state index in [-0.39, 0.29) is 11.1 Å². The minimum Gasteiger partial charge on any atom is -0.414 e. The van der Waals surface area contributed by atoms with Gasteiger partial charge >= 0.3 is 0 Å². The lowest BCUT2D eigenvalue weighted by molar-refractivity contribution is -0.133. The van der Waals surface area contributed by atoms with Gasteiger partial charge in [-0.25, -0.2) is 0 Å². The maximum absolute atomic E-state index is 10.6. The van der Waals surface area contributed by atoms with Crippen LogP contribution in [0.25, 0.3) is 0 Å². The van der Waals surface area contributed by atoms with E-state index < -0.39 is 14.0 Å². The average molecular weight is 271 g/mol. The van der Waals surface area contributed by atoms with Gasteiger partial charge in [0.25, 0.3) is 0 Å². The van der Waals surface area contributed by atoms with E-state index >= 15 is 0 Å². The van der Waals surface area contributed by atoms with Gasteiger partial charge in [0.2, 0.25) is 0 Å². The minimum atomic E-state index is -1.71. The first-order valence-corrected chi connectivity index (χ1v) is 10.1. The van der Waals surface area contributed by atoms with E-state index in [0.29, 0.717) is 6.04 Å². The molecule has 0 saturated carbocycles. The van der Waals surface area contributed by atoms with E-state index in [1.54, 1.807) is 0 Å². The van der Waals surface area contributed by atoms with Gasteiger partial charge in [0.05, 0.1) is 6.10 Å². The molecule has 2 bridgehead atoms. The Morgan fingerprint density at radius 1 is 1.33 bits per heavy atom. The van der Waals surface area contributed by atoms with Gasteiger partial charge in [0, 0.05) is 12.5 Å². The highest BCUT2D eigenvalue weighted by Crippen LogP contribution is 2.45. The molecule has 2 aliphatic heterocycles. The molecule has 0 aliphatic carbocycles. The Hall–Kier alpha value is 0.0969. The highest BCUT2D eigenvalue weighted by atomic mass is 28.4. The van der Waals surface area contributed by atoms with Crippen LogP contribution in [0.2, 0.25) is 18.1 Å². The third-order valence-electron chi connectivity index (χ3n) is 5.44. The molecule has 2 heterocycles. The van der Waals surface area contributed by atoms with Crippen LogP contribution in [0.15, 0.2) is 0 Å². The molecule has 2 fully saturated rings. The Morgan fingerprint density at radius 3 is 2.44 bits per heavy atom. The molecule has 18 heavy (non-hydrogen) atoms. The van der Waals surface area contributed by atoms with Crippen molar-refractivity contribution in [3.05, 3.63) is 0 Å². The van der Waals surface area contributed by atoms with Gasteiger partial charge in [0.15, 0.2) is 8.32 Å². The number of piperidine rings is 1. The van der Waals surface area contributed by atoms with Crippen LogP contribution in [0.1, 0.15) is 46.5 Å². The molecule has 0 unspecified atom stereocenters. The Bertz CT molecular complexity index is 326. The van der Waals surface area contributed by atoms with Crippen LogP contribution in [0.3, 0.4) is 0 Å². The van der Waals surface area contributed by atoms with Crippen molar-refractivity contribution in [3.63, 3.8) is 0 Å². The Morgan fingerprint density at radius 2 is 1.94 bits per heavy atom. The average Bonchev–Trinajstić information content (AvgIpc) is 2.39. The molecule has 3 nitrogen and oxygen atoms in total. The van der Waals surface area contributed by atoms with Crippen LogP contribution < -0.4 is 0 Å². The van der Waals surface area contributed by atoms with Gasteiger partial charge in [0.1, 0.15) is 5.72 Å². The molecule has 2 aliphatic rings. The SMILES string of the molecule is CN1[C@@H]2CC[C@@]1(O)C[C@@H](O[Si](C)(C)C(C)(C)C)C2. The van der Waals surface area contributed by atoms with Gasteiger partial charge in [-0.1, -0.05) is 20.8 Å².